The van der Waals surface area contributed by atoms with Crippen molar-refractivity contribution in [2.24, 2.45) is 7.05 Å². The predicted octanol–water partition coefficient (Wildman–Crippen LogP) is 1.26. The third-order valence-electron chi connectivity index (χ3n) is 1.55. The van der Waals surface area contributed by atoms with Crippen LogP contribution in [-0.4, -0.2) is 16.3 Å². The van der Waals surface area contributed by atoms with Crippen molar-refractivity contribution in [1.82, 2.24) is 15.1 Å². The molecule has 0 atom stereocenters. The first-order valence-corrected chi connectivity index (χ1v) is 4.09. The lowest BCUT2D eigenvalue weighted by molar-refractivity contribution is 0.653. The van der Waals surface area contributed by atoms with Crippen molar-refractivity contribution < 1.29 is 0 Å². The second kappa shape index (κ2) is 4.28. The third kappa shape index (κ3) is 2.68. The number of hydrogen-bond donors (Lipinski definition) is 1. The summed E-state index contributed by atoms with van der Waals surface area (Å²) in [5.41, 5.74) is 1.13. The maximum absolute atomic E-state index is 5.58. The van der Waals surface area contributed by atoms with Gasteiger partial charge in [-0.25, -0.2) is 0 Å². The highest BCUT2D eigenvalue weighted by Crippen LogP contribution is 1.97. The zero-order valence-corrected chi connectivity index (χ0v) is 7.80. The zero-order chi connectivity index (χ0) is 8.97. The molecule has 0 fully saturated rings. The fourth-order valence-electron chi connectivity index (χ4n) is 0.901. The second-order valence-corrected chi connectivity index (χ2v) is 3.10. The predicted molar refractivity (Wildman–Crippen MR) is 49.9 cm³/mol. The first-order chi connectivity index (χ1) is 5.70. The molecule has 1 aromatic rings. The fourth-order valence-corrected chi connectivity index (χ4v) is 0.995. The summed E-state index contributed by atoms with van der Waals surface area (Å²) < 4.78 is 1.82. The smallest absolute Gasteiger partial charge is 0.0518 e. The van der Waals surface area contributed by atoms with Crippen LogP contribution in [0.15, 0.2) is 23.9 Å². The Morgan fingerprint density at radius 2 is 2.58 bits per heavy atom. The maximum Gasteiger partial charge on any atom is 0.0518 e. The van der Waals surface area contributed by atoms with Gasteiger partial charge in [-0.3, -0.25) is 4.68 Å². The van der Waals surface area contributed by atoms with Gasteiger partial charge in [0.05, 0.1) is 5.69 Å². The monoisotopic (exact) mass is 185 g/mol. The molecule has 0 unspecified atom stereocenters. The molecule has 1 heterocycles. The highest BCUT2D eigenvalue weighted by Gasteiger charge is 1.96. The summed E-state index contributed by atoms with van der Waals surface area (Å²) in [5, 5.41) is 7.79. The molecular formula is C8H12ClN3. The Morgan fingerprint density at radius 3 is 3.08 bits per heavy atom. The van der Waals surface area contributed by atoms with Crippen LogP contribution in [0.5, 0.6) is 0 Å². The summed E-state index contributed by atoms with van der Waals surface area (Å²) in [6.07, 6.45) is 1.77. The summed E-state index contributed by atoms with van der Waals surface area (Å²) in [6, 6.07) is 1.96. The van der Waals surface area contributed by atoms with Gasteiger partial charge in [-0.1, -0.05) is 18.2 Å². The van der Waals surface area contributed by atoms with Gasteiger partial charge in [0.25, 0.3) is 0 Å². The number of nitrogens with zero attached hydrogens (tertiary/aromatic N) is 2. The lowest BCUT2D eigenvalue weighted by atomic mass is 10.4. The summed E-state index contributed by atoms with van der Waals surface area (Å²) in [7, 11) is 1.91. The topological polar surface area (TPSA) is 29.9 Å². The van der Waals surface area contributed by atoms with Crippen LogP contribution in [-0.2, 0) is 13.6 Å². The van der Waals surface area contributed by atoms with E-state index < -0.39 is 0 Å². The van der Waals surface area contributed by atoms with E-state index in [9.17, 15) is 0 Å². The van der Waals surface area contributed by atoms with E-state index in [2.05, 4.69) is 17.0 Å². The molecule has 4 heteroatoms. The van der Waals surface area contributed by atoms with Crippen LogP contribution < -0.4 is 5.32 Å². The van der Waals surface area contributed by atoms with Gasteiger partial charge < -0.3 is 5.32 Å². The number of halogens is 1. The number of hydrogen-bond acceptors (Lipinski definition) is 2. The van der Waals surface area contributed by atoms with E-state index in [1.807, 2.05) is 17.8 Å². The molecule has 0 aliphatic carbocycles. The Balaban J connectivity index is 2.33. The summed E-state index contributed by atoms with van der Waals surface area (Å²) in [4.78, 5) is 0. The Bertz CT molecular complexity index is 267. The van der Waals surface area contributed by atoms with Gasteiger partial charge in [0.2, 0.25) is 0 Å². The van der Waals surface area contributed by atoms with Crippen molar-refractivity contribution in [2.75, 3.05) is 6.54 Å². The standard InChI is InChI=1S/C8H12ClN3/c1-7(9)5-10-6-8-3-4-11-12(8)2/h3-4,10H,1,5-6H2,2H3. The fraction of sp³-hybridized carbons (Fsp3) is 0.375. The molecule has 0 saturated heterocycles. The first-order valence-electron chi connectivity index (χ1n) is 3.71. The molecule has 0 bridgehead atoms. The van der Waals surface area contributed by atoms with Crippen molar-refractivity contribution in [2.45, 2.75) is 6.54 Å². The quantitative estimate of drug-likeness (QED) is 0.766. The maximum atomic E-state index is 5.58. The van der Waals surface area contributed by atoms with Crippen LogP contribution in [0.4, 0.5) is 0 Å². The Labute approximate surface area is 77.0 Å². The number of nitrogens with one attached hydrogen (secondary N) is 1. The molecule has 66 valence electrons. The molecule has 0 amide bonds. The minimum atomic E-state index is 0.622. The Morgan fingerprint density at radius 1 is 1.83 bits per heavy atom. The van der Waals surface area contributed by atoms with Crippen molar-refractivity contribution in [3.8, 4) is 0 Å². The SMILES string of the molecule is C=C(Cl)CNCc1ccnn1C. The highest BCUT2D eigenvalue weighted by molar-refractivity contribution is 6.29. The van der Waals surface area contributed by atoms with Gasteiger partial charge in [-0.05, 0) is 6.07 Å². The van der Waals surface area contributed by atoms with Crippen molar-refractivity contribution >= 4 is 11.6 Å². The molecule has 1 N–H and O–H groups in total. The van der Waals surface area contributed by atoms with Crippen molar-refractivity contribution in [3.05, 3.63) is 29.6 Å². The second-order valence-electron chi connectivity index (χ2n) is 2.57. The van der Waals surface area contributed by atoms with Gasteiger partial charge in [-0.15, -0.1) is 0 Å². The van der Waals surface area contributed by atoms with E-state index >= 15 is 0 Å². The molecule has 3 nitrogen and oxygen atoms in total. The van der Waals surface area contributed by atoms with E-state index in [0.717, 1.165) is 12.2 Å². The van der Waals surface area contributed by atoms with Gasteiger partial charge in [0.15, 0.2) is 0 Å². The molecule has 0 radical (unpaired) electrons. The average molecular weight is 186 g/mol. The van der Waals surface area contributed by atoms with E-state index in [1.165, 1.54) is 0 Å². The van der Waals surface area contributed by atoms with Crippen LogP contribution in [0, 0.1) is 0 Å². The lowest BCUT2D eigenvalue weighted by Gasteiger charge is -2.02. The van der Waals surface area contributed by atoms with Crippen LogP contribution in [0.2, 0.25) is 0 Å². The lowest BCUT2D eigenvalue weighted by Crippen LogP contribution is -2.16. The molecule has 0 aromatic carbocycles. The highest BCUT2D eigenvalue weighted by atomic mass is 35.5. The molecule has 0 aliphatic rings. The molecule has 12 heavy (non-hydrogen) atoms. The summed E-state index contributed by atoms with van der Waals surface area (Å²) in [6.45, 7) is 4.97. The molecule has 0 saturated carbocycles. The Hall–Kier alpha value is -0.800. The van der Waals surface area contributed by atoms with Gasteiger partial charge in [0.1, 0.15) is 0 Å². The normalized spacial score (nSPS) is 10.2. The van der Waals surface area contributed by atoms with E-state index in [-0.39, 0.29) is 0 Å². The van der Waals surface area contributed by atoms with Crippen LogP contribution in [0.3, 0.4) is 0 Å². The Kier molecular flexibility index (Phi) is 3.31. The van der Waals surface area contributed by atoms with Gasteiger partial charge >= 0.3 is 0 Å². The minimum absolute atomic E-state index is 0.622. The van der Waals surface area contributed by atoms with E-state index in [1.54, 1.807) is 6.20 Å². The van der Waals surface area contributed by atoms with Gasteiger partial charge in [0, 0.05) is 31.4 Å². The van der Waals surface area contributed by atoms with Crippen molar-refractivity contribution in [3.63, 3.8) is 0 Å². The van der Waals surface area contributed by atoms with Crippen molar-refractivity contribution in [1.29, 1.82) is 0 Å². The minimum Gasteiger partial charge on any atom is -0.306 e. The molecule has 1 aromatic heterocycles. The molecular weight excluding hydrogens is 174 g/mol. The van der Waals surface area contributed by atoms with Crippen LogP contribution in [0.25, 0.3) is 0 Å². The summed E-state index contributed by atoms with van der Waals surface area (Å²) in [5.74, 6) is 0. The largest absolute Gasteiger partial charge is 0.306 e. The van der Waals surface area contributed by atoms with E-state index in [4.69, 9.17) is 11.6 Å². The number of aromatic nitrogens is 2. The zero-order valence-electron chi connectivity index (χ0n) is 7.05. The number of aryl methyl sites for hydroxylation is 1. The van der Waals surface area contributed by atoms with E-state index in [0.29, 0.717) is 11.6 Å². The third-order valence-corrected chi connectivity index (χ3v) is 1.68. The number of rotatable bonds is 4. The van der Waals surface area contributed by atoms with Crippen LogP contribution >= 0.6 is 11.6 Å². The van der Waals surface area contributed by atoms with Gasteiger partial charge in [-0.2, -0.15) is 5.10 Å². The van der Waals surface area contributed by atoms with Crippen LogP contribution in [0.1, 0.15) is 5.69 Å². The molecule has 0 aliphatic heterocycles. The average Bonchev–Trinajstić information content (AvgIpc) is 2.36. The first kappa shape index (κ1) is 9.29. The summed E-state index contributed by atoms with van der Waals surface area (Å²) >= 11 is 5.58. The molecule has 0 spiro atoms. The molecule has 1 rings (SSSR count).